The normalized spacial score (nSPS) is 11.1. The van der Waals surface area contributed by atoms with Crippen LogP contribution in [0, 0.1) is 0 Å². The molecule has 0 amide bonds. The minimum Gasteiger partial charge on any atom is -0.496 e. The summed E-state index contributed by atoms with van der Waals surface area (Å²) in [5.41, 5.74) is 6.96. The molecule has 0 radical (unpaired) electrons. The Balaban J connectivity index is 2.89. The van der Waals surface area contributed by atoms with Gasteiger partial charge in [-0.05, 0) is 17.7 Å². The Kier molecular flexibility index (Phi) is 6.77. The predicted octanol–water partition coefficient (Wildman–Crippen LogP) is 1.39. The number of alkyl halides is 2. The average Bonchev–Trinajstić information content (AvgIpc) is 2.38. The maximum absolute atomic E-state index is 12.5. The van der Waals surface area contributed by atoms with Crippen molar-refractivity contribution >= 4 is 17.2 Å². The first-order valence-corrected chi connectivity index (χ1v) is 6.46. The first-order valence-electron chi connectivity index (χ1n) is 6.06. The Hall–Kier alpha value is -1.31. The molecule has 0 saturated heterocycles. The standard InChI is InChI=1S/C13H18F2N2O2S/c1-19-11-3-2-9(6-10(11)13(16)20)7-17(4-5-18)8-12(14)15/h2-3,6,12,18H,4-5,7-8H2,1H3,(H2,16,20). The lowest BCUT2D eigenvalue weighted by atomic mass is 10.1. The number of aliphatic hydroxyl groups is 1. The number of benzene rings is 1. The van der Waals surface area contributed by atoms with E-state index < -0.39 is 13.0 Å². The molecular formula is C13H18F2N2O2S. The van der Waals surface area contributed by atoms with Gasteiger partial charge in [0, 0.05) is 13.1 Å². The van der Waals surface area contributed by atoms with Crippen LogP contribution in [0.1, 0.15) is 11.1 Å². The molecule has 7 heteroatoms. The summed E-state index contributed by atoms with van der Waals surface area (Å²) >= 11 is 4.93. The highest BCUT2D eigenvalue weighted by molar-refractivity contribution is 7.80. The van der Waals surface area contributed by atoms with Gasteiger partial charge in [0.15, 0.2) is 0 Å². The van der Waals surface area contributed by atoms with E-state index in [9.17, 15) is 8.78 Å². The largest absolute Gasteiger partial charge is 0.496 e. The number of nitrogens with two attached hydrogens (primary N) is 1. The molecule has 0 spiro atoms. The summed E-state index contributed by atoms with van der Waals surface area (Å²) in [6.45, 7) is -0.108. The van der Waals surface area contributed by atoms with Gasteiger partial charge in [-0.2, -0.15) is 0 Å². The zero-order chi connectivity index (χ0) is 15.1. The predicted molar refractivity (Wildman–Crippen MR) is 77.2 cm³/mol. The SMILES string of the molecule is COc1ccc(CN(CCO)CC(F)F)cc1C(N)=S. The van der Waals surface area contributed by atoms with Crippen molar-refractivity contribution < 1.29 is 18.6 Å². The minimum absolute atomic E-state index is 0.176. The number of ether oxygens (including phenoxy) is 1. The molecule has 0 atom stereocenters. The highest BCUT2D eigenvalue weighted by Gasteiger charge is 2.14. The van der Waals surface area contributed by atoms with Crippen molar-refractivity contribution in [1.29, 1.82) is 0 Å². The number of nitrogens with zero attached hydrogens (tertiary/aromatic N) is 1. The van der Waals surface area contributed by atoms with E-state index in [4.69, 9.17) is 27.8 Å². The van der Waals surface area contributed by atoms with Crippen LogP contribution in [-0.2, 0) is 6.54 Å². The third-order valence-electron chi connectivity index (χ3n) is 2.75. The Morgan fingerprint density at radius 1 is 1.50 bits per heavy atom. The lowest BCUT2D eigenvalue weighted by molar-refractivity contribution is 0.0746. The molecule has 0 aliphatic rings. The van der Waals surface area contributed by atoms with E-state index in [0.717, 1.165) is 5.56 Å². The molecule has 0 aliphatic heterocycles. The first kappa shape index (κ1) is 16.7. The van der Waals surface area contributed by atoms with Crippen LogP contribution in [0.25, 0.3) is 0 Å². The van der Waals surface area contributed by atoms with Crippen molar-refractivity contribution in [3.63, 3.8) is 0 Å². The number of methoxy groups -OCH3 is 1. The maximum Gasteiger partial charge on any atom is 0.251 e. The summed E-state index contributed by atoms with van der Waals surface area (Å²) in [7, 11) is 1.51. The number of hydrogen-bond acceptors (Lipinski definition) is 4. The number of hydrogen-bond donors (Lipinski definition) is 2. The van der Waals surface area contributed by atoms with Crippen molar-refractivity contribution in [2.45, 2.75) is 13.0 Å². The fraction of sp³-hybridized carbons (Fsp3) is 0.462. The van der Waals surface area contributed by atoms with E-state index in [1.807, 2.05) is 0 Å². The quantitative estimate of drug-likeness (QED) is 0.711. The summed E-state index contributed by atoms with van der Waals surface area (Å²) in [6, 6.07) is 5.18. The van der Waals surface area contributed by atoms with Crippen LogP contribution in [0.15, 0.2) is 18.2 Å². The summed E-state index contributed by atoms with van der Waals surface area (Å²) in [6.07, 6.45) is -2.45. The molecule has 0 heterocycles. The maximum atomic E-state index is 12.5. The van der Waals surface area contributed by atoms with Gasteiger partial charge in [0.1, 0.15) is 10.7 Å². The Morgan fingerprint density at radius 2 is 2.20 bits per heavy atom. The monoisotopic (exact) mass is 304 g/mol. The van der Waals surface area contributed by atoms with E-state index in [0.29, 0.717) is 11.3 Å². The second kappa shape index (κ2) is 8.08. The van der Waals surface area contributed by atoms with Crippen LogP contribution in [0.5, 0.6) is 5.75 Å². The number of halogens is 2. The molecule has 0 aromatic heterocycles. The Morgan fingerprint density at radius 3 is 2.70 bits per heavy atom. The van der Waals surface area contributed by atoms with Crippen molar-refractivity contribution in [2.75, 3.05) is 26.8 Å². The van der Waals surface area contributed by atoms with Crippen LogP contribution in [0.4, 0.5) is 8.78 Å². The number of rotatable bonds is 8. The molecular weight excluding hydrogens is 286 g/mol. The van der Waals surface area contributed by atoms with Crippen LogP contribution in [0.3, 0.4) is 0 Å². The second-order valence-electron chi connectivity index (χ2n) is 4.25. The zero-order valence-electron chi connectivity index (χ0n) is 11.2. The molecule has 0 fully saturated rings. The molecule has 0 saturated carbocycles. The van der Waals surface area contributed by atoms with Crippen LogP contribution in [-0.4, -0.2) is 48.2 Å². The van der Waals surface area contributed by atoms with Gasteiger partial charge in [0.25, 0.3) is 6.43 Å². The first-order chi connectivity index (χ1) is 9.47. The van der Waals surface area contributed by atoms with Crippen LogP contribution in [0.2, 0.25) is 0 Å². The lowest BCUT2D eigenvalue weighted by Gasteiger charge is -2.21. The van der Waals surface area contributed by atoms with E-state index in [1.165, 1.54) is 12.0 Å². The second-order valence-corrected chi connectivity index (χ2v) is 4.69. The van der Waals surface area contributed by atoms with E-state index >= 15 is 0 Å². The van der Waals surface area contributed by atoms with Crippen molar-refractivity contribution in [2.24, 2.45) is 5.73 Å². The molecule has 112 valence electrons. The number of aliphatic hydroxyl groups excluding tert-OH is 1. The van der Waals surface area contributed by atoms with Gasteiger partial charge >= 0.3 is 0 Å². The Bertz CT molecular complexity index is 458. The molecule has 0 bridgehead atoms. The van der Waals surface area contributed by atoms with Crippen LogP contribution < -0.4 is 10.5 Å². The van der Waals surface area contributed by atoms with Crippen molar-refractivity contribution in [3.05, 3.63) is 29.3 Å². The molecule has 20 heavy (non-hydrogen) atoms. The summed E-state index contributed by atoms with van der Waals surface area (Å²) in [5, 5.41) is 8.91. The van der Waals surface area contributed by atoms with Gasteiger partial charge in [-0.3, -0.25) is 4.90 Å². The fourth-order valence-corrected chi connectivity index (χ4v) is 2.04. The fourth-order valence-electron chi connectivity index (χ4n) is 1.88. The molecule has 1 aromatic carbocycles. The molecule has 1 rings (SSSR count). The third-order valence-corrected chi connectivity index (χ3v) is 2.97. The topological polar surface area (TPSA) is 58.7 Å². The highest BCUT2D eigenvalue weighted by Crippen LogP contribution is 2.20. The number of thiocarbonyl (C=S) groups is 1. The van der Waals surface area contributed by atoms with Crippen molar-refractivity contribution in [3.8, 4) is 5.75 Å². The molecule has 1 aromatic rings. The summed E-state index contributed by atoms with van der Waals surface area (Å²) in [5.74, 6) is 0.545. The lowest BCUT2D eigenvalue weighted by Crippen LogP contribution is -2.31. The van der Waals surface area contributed by atoms with Gasteiger partial charge in [0.05, 0.1) is 25.8 Å². The van der Waals surface area contributed by atoms with Gasteiger partial charge in [0.2, 0.25) is 0 Å². The average molecular weight is 304 g/mol. The van der Waals surface area contributed by atoms with E-state index in [-0.39, 0.29) is 24.7 Å². The van der Waals surface area contributed by atoms with Crippen molar-refractivity contribution in [1.82, 2.24) is 4.90 Å². The summed E-state index contributed by atoms with van der Waals surface area (Å²) < 4.78 is 30.0. The van der Waals surface area contributed by atoms with Gasteiger partial charge in [-0.25, -0.2) is 8.78 Å². The highest BCUT2D eigenvalue weighted by atomic mass is 32.1. The zero-order valence-corrected chi connectivity index (χ0v) is 12.0. The van der Waals surface area contributed by atoms with Gasteiger partial charge < -0.3 is 15.6 Å². The summed E-state index contributed by atoms with van der Waals surface area (Å²) in [4.78, 5) is 1.65. The van der Waals surface area contributed by atoms with E-state index in [1.54, 1.807) is 18.2 Å². The van der Waals surface area contributed by atoms with Gasteiger partial charge in [-0.1, -0.05) is 18.3 Å². The van der Waals surface area contributed by atoms with E-state index in [2.05, 4.69) is 0 Å². The minimum atomic E-state index is -2.45. The molecule has 0 aliphatic carbocycles. The molecule has 3 N–H and O–H groups in total. The molecule has 4 nitrogen and oxygen atoms in total. The van der Waals surface area contributed by atoms with Gasteiger partial charge in [-0.15, -0.1) is 0 Å². The Labute approximate surface area is 122 Å². The smallest absolute Gasteiger partial charge is 0.251 e. The third kappa shape index (κ3) is 4.99. The molecule has 0 unspecified atom stereocenters. The van der Waals surface area contributed by atoms with Crippen LogP contribution >= 0.6 is 12.2 Å².